The Morgan fingerprint density at radius 1 is 1.21 bits per heavy atom. The minimum atomic E-state index is 0. The lowest BCUT2D eigenvalue weighted by Crippen LogP contribution is -2.40. The van der Waals surface area contributed by atoms with Crippen LogP contribution >= 0.6 is 24.0 Å². The van der Waals surface area contributed by atoms with Crippen molar-refractivity contribution in [3.63, 3.8) is 0 Å². The molecule has 8 heteroatoms. The van der Waals surface area contributed by atoms with Crippen LogP contribution in [0.5, 0.6) is 17.4 Å². The van der Waals surface area contributed by atoms with Gasteiger partial charge >= 0.3 is 0 Å². The van der Waals surface area contributed by atoms with Gasteiger partial charge in [-0.15, -0.1) is 24.0 Å². The van der Waals surface area contributed by atoms with E-state index in [0.717, 1.165) is 17.7 Å². The third-order valence-electron chi connectivity index (χ3n) is 3.59. The Hall–Kier alpha value is -2.07. The van der Waals surface area contributed by atoms with Crippen LogP contribution in [0.15, 0.2) is 47.6 Å². The van der Waals surface area contributed by atoms with Crippen LogP contribution in [0.1, 0.15) is 25.8 Å². The topological polar surface area (TPSA) is 91.0 Å². The van der Waals surface area contributed by atoms with Gasteiger partial charge in [0.2, 0.25) is 5.88 Å². The second-order valence-electron chi connectivity index (χ2n) is 6.09. The third-order valence-corrected chi connectivity index (χ3v) is 3.59. The van der Waals surface area contributed by atoms with E-state index in [1.54, 1.807) is 13.3 Å². The van der Waals surface area contributed by atoms with Crippen molar-refractivity contribution in [3.05, 3.63) is 48.2 Å². The molecule has 0 saturated carbocycles. The highest BCUT2D eigenvalue weighted by atomic mass is 127. The van der Waals surface area contributed by atoms with Gasteiger partial charge in [-0.25, -0.2) is 9.98 Å². The molecule has 28 heavy (non-hydrogen) atoms. The number of pyridine rings is 1. The molecule has 0 saturated heterocycles. The maximum Gasteiger partial charge on any atom is 0.224 e. The molecule has 0 aliphatic carbocycles. The molecule has 0 fully saturated rings. The van der Waals surface area contributed by atoms with Crippen molar-refractivity contribution in [2.24, 2.45) is 10.7 Å². The average Bonchev–Trinajstić information content (AvgIpc) is 2.67. The number of aromatic nitrogens is 1. The normalized spacial score (nSPS) is 12.0. The second-order valence-corrected chi connectivity index (χ2v) is 6.09. The van der Waals surface area contributed by atoms with Crippen molar-refractivity contribution >= 4 is 29.9 Å². The largest absolute Gasteiger partial charge is 0.494 e. The van der Waals surface area contributed by atoms with Gasteiger partial charge in [0.1, 0.15) is 11.5 Å². The summed E-state index contributed by atoms with van der Waals surface area (Å²) in [4.78, 5) is 8.66. The van der Waals surface area contributed by atoms with E-state index in [-0.39, 0.29) is 30.0 Å². The monoisotopic (exact) mass is 500 g/mol. The summed E-state index contributed by atoms with van der Waals surface area (Å²) in [5.74, 6) is 2.36. The van der Waals surface area contributed by atoms with Gasteiger partial charge < -0.3 is 25.3 Å². The fraction of sp³-hybridized carbons (Fsp3) is 0.400. The number of halogens is 1. The Morgan fingerprint density at radius 2 is 1.93 bits per heavy atom. The molecule has 0 aliphatic heterocycles. The van der Waals surface area contributed by atoms with Crippen molar-refractivity contribution in [1.29, 1.82) is 0 Å². The predicted octanol–water partition coefficient (Wildman–Crippen LogP) is 3.72. The summed E-state index contributed by atoms with van der Waals surface area (Å²) >= 11 is 0. The van der Waals surface area contributed by atoms with Crippen LogP contribution in [0.3, 0.4) is 0 Å². The van der Waals surface area contributed by atoms with Gasteiger partial charge in [-0.05, 0) is 43.7 Å². The van der Waals surface area contributed by atoms with E-state index in [2.05, 4.69) is 22.2 Å². The fourth-order valence-electron chi connectivity index (χ4n) is 2.33. The minimum Gasteiger partial charge on any atom is -0.494 e. The summed E-state index contributed by atoms with van der Waals surface area (Å²) in [7, 11) is 1.65. The zero-order chi connectivity index (χ0) is 19.5. The Morgan fingerprint density at radius 3 is 2.61 bits per heavy atom. The van der Waals surface area contributed by atoms with Gasteiger partial charge in [0.25, 0.3) is 0 Å². The number of benzene rings is 1. The first-order valence-corrected chi connectivity index (χ1v) is 9.02. The number of nitrogens with one attached hydrogen (secondary N) is 1. The van der Waals surface area contributed by atoms with Crippen molar-refractivity contribution in [3.8, 4) is 17.4 Å². The summed E-state index contributed by atoms with van der Waals surface area (Å²) < 4.78 is 16.6. The molecule has 0 radical (unpaired) electrons. The second kappa shape index (κ2) is 13.2. The first-order chi connectivity index (χ1) is 13.1. The molecule has 0 bridgehead atoms. The molecule has 7 nitrogen and oxygen atoms in total. The molecule has 0 spiro atoms. The average molecular weight is 500 g/mol. The highest BCUT2D eigenvalue weighted by Gasteiger charge is 2.07. The van der Waals surface area contributed by atoms with Gasteiger partial charge in [-0.1, -0.05) is 13.0 Å². The first-order valence-electron chi connectivity index (χ1n) is 9.02. The van der Waals surface area contributed by atoms with E-state index in [1.807, 2.05) is 43.3 Å². The maximum atomic E-state index is 5.92. The Balaban J connectivity index is 0.00000392. The molecule has 2 aromatic rings. The quantitative estimate of drug-likeness (QED) is 0.294. The lowest BCUT2D eigenvalue weighted by Gasteiger charge is -2.13. The molecule has 1 heterocycles. The van der Waals surface area contributed by atoms with Gasteiger partial charge in [0, 0.05) is 24.9 Å². The Labute approximate surface area is 183 Å². The number of hydrogen-bond donors (Lipinski definition) is 2. The van der Waals surface area contributed by atoms with Crippen LogP contribution in [-0.4, -0.2) is 37.3 Å². The number of aliphatic imine (C=N–C) groups is 1. The van der Waals surface area contributed by atoms with Crippen molar-refractivity contribution in [2.75, 3.05) is 20.3 Å². The molecule has 3 N–H and O–H groups in total. The molecular weight excluding hydrogens is 471 g/mol. The Bertz CT molecular complexity index is 726. The first kappa shape index (κ1) is 24.0. The summed E-state index contributed by atoms with van der Waals surface area (Å²) in [6.07, 6.45) is 2.65. The standard InChI is InChI=1S/C20H28N4O3.HI/c1-4-12-26-17-7-9-18(10-8-17)27-19-16(6-5-11-22-19)13-23-20(21)24-15(2)14-25-3;/h5-11,15H,4,12-14H2,1-3H3,(H3,21,23,24);1H. The number of hydrogen-bond acceptors (Lipinski definition) is 5. The molecule has 2 rings (SSSR count). The summed E-state index contributed by atoms with van der Waals surface area (Å²) in [5, 5.41) is 3.07. The van der Waals surface area contributed by atoms with Crippen molar-refractivity contribution in [1.82, 2.24) is 10.3 Å². The zero-order valence-electron chi connectivity index (χ0n) is 16.6. The van der Waals surface area contributed by atoms with Crippen LogP contribution in [0.25, 0.3) is 0 Å². The smallest absolute Gasteiger partial charge is 0.224 e. The molecular formula is C20H29IN4O3. The van der Waals surface area contributed by atoms with E-state index in [0.29, 0.717) is 37.3 Å². The number of guanidine groups is 1. The van der Waals surface area contributed by atoms with E-state index < -0.39 is 0 Å². The van der Waals surface area contributed by atoms with E-state index in [9.17, 15) is 0 Å². The summed E-state index contributed by atoms with van der Waals surface area (Å²) in [6.45, 7) is 5.65. The number of nitrogens with two attached hydrogens (primary N) is 1. The number of nitrogens with zero attached hydrogens (tertiary/aromatic N) is 2. The van der Waals surface area contributed by atoms with Gasteiger partial charge in [0.05, 0.1) is 19.8 Å². The Kier molecular flexibility index (Phi) is 11.3. The van der Waals surface area contributed by atoms with Crippen LogP contribution in [0.4, 0.5) is 0 Å². The summed E-state index contributed by atoms with van der Waals surface area (Å²) in [6, 6.07) is 11.3. The molecule has 0 amide bonds. The van der Waals surface area contributed by atoms with Crippen LogP contribution < -0.4 is 20.5 Å². The van der Waals surface area contributed by atoms with Gasteiger partial charge in [-0.2, -0.15) is 0 Å². The summed E-state index contributed by atoms with van der Waals surface area (Å²) in [5.41, 5.74) is 6.76. The van der Waals surface area contributed by atoms with Crippen LogP contribution in [-0.2, 0) is 11.3 Å². The van der Waals surface area contributed by atoms with Gasteiger partial charge in [0.15, 0.2) is 5.96 Å². The SMILES string of the molecule is CCCOc1ccc(Oc2ncccc2CN=C(N)NC(C)COC)cc1.I. The molecule has 1 atom stereocenters. The van der Waals surface area contributed by atoms with Crippen LogP contribution in [0, 0.1) is 0 Å². The predicted molar refractivity (Wildman–Crippen MR) is 122 cm³/mol. The van der Waals surface area contributed by atoms with Gasteiger partial charge in [-0.3, -0.25) is 0 Å². The molecule has 154 valence electrons. The van der Waals surface area contributed by atoms with Crippen molar-refractivity contribution in [2.45, 2.75) is 32.9 Å². The third kappa shape index (κ3) is 8.30. The number of methoxy groups -OCH3 is 1. The number of rotatable bonds is 10. The number of ether oxygens (including phenoxy) is 3. The molecule has 1 unspecified atom stereocenters. The minimum absolute atomic E-state index is 0. The van der Waals surface area contributed by atoms with E-state index >= 15 is 0 Å². The van der Waals surface area contributed by atoms with Crippen LogP contribution in [0.2, 0.25) is 0 Å². The highest BCUT2D eigenvalue weighted by molar-refractivity contribution is 14.0. The van der Waals surface area contributed by atoms with Crippen molar-refractivity contribution < 1.29 is 14.2 Å². The fourth-order valence-corrected chi connectivity index (χ4v) is 2.33. The zero-order valence-corrected chi connectivity index (χ0v) is 18.9. The van der Waals surface area contributed by atoms with E-state index in [4.69, 9.17) is 19.9 Å². The molecule has 1 aromatic carbocycles. The van der Waals surface area contributed by atoms with E-state index in [1.165, 1.54) is 0 Å². The molecule has 0 aliphatic rings. The lowest BCUT2D eigenvalue weighted by atomic mass is 10.2. The lowest BCUT2D eigenvalue weighted by molar-refractivity contribution is 0.179. The molecule has 1 aromatic heterocycles. The highest BCUT2D eigenvalue weighted by Crippen LogP contribution is 2.25. The maximum absolute atomic E-state index is 5.92.